The lowest BCUT2D eigenvalue weighted by Gasteiger charge is -2.08. The summed E-state index contributed by atoms with van der Waals surface area (Å²) in [6.07, 6.45) is 0.600. The fourth-order valence-electron chi connectivity index (χ4n) is 1.75. The third kappa shape index (κ3) is 1.18. The lowest BCUT2D eigenvalue weighted by Crippen LogP contribution is -2.29. The minimum Gasteiger partial charge on any atom is -0.298 e. The zero-order valence-corrected chi connectivity index (χ0v) is 8.19. The number of rotatable bonds is 2. The molecule has 4 heteroatoms. The van der Waals surface area contributed by atoms with E-state index < -0.39 is 0 Å². The van der Waals surface area contributed by atoms with Crippen LogP contribution >= 0.6 is 0 Å². The number of hydrogen-bond donors (Lipinski definition) is 0. The van der Waals surface area contributed by atoms with Crippen LogP contribution in [0.15, 0.2) is 18.2 Å². The van der Waals surface area contributed by atoms with Crippen molar-refractivity contribution in [3.63, 3.8) is 0 Å². The van der Waals surface area contributed by atoms with Gasteiger partial charge in [-0.25, -0.2) is 0 Å². The van der Waals surface area contributed by atoms with Gasteiger partial charge in [-0.1, -0.05) is 12.1 Å². The molecule has 0 spiro atoms. The van der Waals surface area contributed by atoms with Gasteiger partial charge in [0.05, 0.1) is 11.1 Å². The van der Waals surface area contributed by atoms with Crippen LogP contribution in [0.3, 0.4) is 0 Å². The first kappa shape index (κ1) is 9.58. The number of benzene rings is 1. The van der Waals surface area contributed by atoms with Crippen LogP contribution in [0.4, 0.5) is 0 Å². The second-order valence-corrected chi connectivity index (χ2v) is 3.24. The van der Waals surface area contributed by atoms with E-state index in [1.54, 1.807) is 19.1 Å². The Labute approximate surface area is 86.5 Å². The predicted molar refractivity (Wildman–Crippen MR) is 52.9 cm³/mol. The molecule has 0 aromatic heterocycles. The molecule has 0 unspecified atom stereocenters. The maximum Gasteiger partial charge on any atom is 0.262 e. The normalized spacial score (nSPS) is 14.3. The van der Waals surface area contributed by atoms with Crippen LogP contribution in [-0.2, 0) is 0 Å². The third-order valence-corrected chi connectivity index (χ3v) is 2.47. The molecule has 2 amide bonds. The molecule has 2 rings (SSSR count). The SMILES string of the molecule is CCN1C(=O)c2cccc(C=O)c2C1=O. The molecule has 1 heterocycles. The Kier molecular flexibility index (Phi) is 2.11. The number of carbonyl (C=O) groups excluding carboxylic acids is 3. The van der Waals surface area contributed by atoms with E-state index in [4.69, 9.17) is 0 Å². The minimum absolute atomic E-state index is 0.236. The first-order valence-corrected chi connectivity index (χ1v) is 4.65. The van der Waals surface area contributed by atoms with E-state index in [1.165, 1.54) is 6.07 Å². The zero-order chi connectivity index (χ0) is 11.0. The van der Waals surface area contributed by atoms with E-state index in [9.17, 15) is 14.4 Å². The summed E-state index contributed by atoms with van der Waals surface area (Å²) in [5.41, 5.74) is 0.840. The molecule has 1 aromatic rings. The highest BCUT2D eigenvalue weighted by Crippen LogP contribution is 2.24. The number of hydrogen-bond acceptors (Lipinski definition) is 3. The Morgan fingerprint density at radius 2 is 2.00 bits per heavy atom. The largest absolute Gasteiger partial charge is 0.298 e. The molecular weight excluding hydrogens is 194 g/mol. The van der Waals surface area contributed by atoms with Crippen LogP contribution in [0.5, 0.6) is 0 Å². The number of carbonyl (C=O) groups is 3. The average Bonchev–Trinajstić information content (AvgIpc) is 2.51. The van der Waals surface area contributed by atoms with Gasteiger partial charge >= 0.3 is 0 Å². The molecule has 1 aliphatic rings. The van der Waals surface area contributed by atoms with Crippen LogP contribution in [0.2, 0.25) is 0 Å². The highest BCUT2D eigenvalue weighted by atomic mass is 16.2. The van der Waals surface area contributed by atoms with Crippen molar-refractivity contribution < 1.29 is 14.4 Å². The molecule has 76 valence electrons. The zero-order valence-electron chi connectivity index (χ0n) is 8.19. The van der Waals surface area contributed by atoms with Crippen molar-refractivity contribution in [2.75, 3.05) is 6.54 Å². The van der Waals surface area contributed by atoms with Gasteiger partial charge in [0.25, 0.3) is 11.8 Å². The van der Waals surface area contributed by atoms with Crippen molar-refractivity contribution in [3.05, 3.63) is 34.9 Å². The summed E-state index contributed by atoms with van der Waals surface area (Å²) in [5, 5.41) is 0. The van der Waals surface area contributed by atoms with Gasteiger partial charge in [0, 0.05) is 12.1 Å². The van der Waals surface area contributed by atoms with Gasteiger partial charge in [-0.15, -0.1) is 0 Å². The van der Waals surface area contributed by atoms with Gasteiger partial charge in [0.1, 0.15) is 0 Å². The quantitative estimate of drug-likeness (QED) is 0.534. The van der Waals surface area contributed by atoms with Crippen molar-refractivity contribution in [2.24, 2.45) is 0 Å². The van der Waals surface area contributed by atoms with Crippen LogP contribution in [0.1, 0.15) is 38.0 Å². The highest BCUT2D eigenvalue weighted by Gasteiger charge is 2.35. The van der Waals surface area contributed by atoms with Gasteiger partial charge in [0.15, 0.2) is 6.29 Å². The monoisotopic (exact) mass is 203 g/mol. The molecule has 0 saturated heterocycles. The van der Waals surface area contributed by atoms with Crippen molar-refractivity contribution in [2.45, 2.75) is 6.92 Å². The molecule has 1 aromatic carbocycles. The van der Waals surface area contributed by atoms with Crippen molar-refractivity contribution >= 4 is 18.1 Å². The molecule has 4 nitrogen and oxygen atoms in total. The molecule has 0 aliphatic carbocycles. The second-order valence-electron chi connectivity index (χ2n) is 3.24. The molecule has 0 radical (unpaired) electrons. The molecule has 1 aliphatic heterocycles. The maximum atomic E-state index is 11.8. The molecule has 0 saturated carbocycles. The first-order chi connectivity index (χ1) is 7.20. The van der Waals surface area contributed by atoms with E-state index in [0.29, 0.717) is 18.4 Å². The smallest absolute Gasteiger partial charge is 0.262 e. The van der Waals surface area contributed by atoms with Gasteiger partial charge < -0.3 is 0 Å². The Bertz CT molecular complexity index is 465. The summed E-state index contributed by atoms with van der Waals surface area (Å²) >= 11 is 0. The van der Waals surface area contributed by atoms with Gasteiger partial charge in [0.2, 0.25) is 0 Å². The van der Waals surface area contributed by atoms with Crippen molar-refractivity contribution in [1.29, 1.82) is 0 Å². The van der Waals surface area contributed by atoms with E-state index >= 15 is 0 Å². The van der Waals surface area contributed by atoms with Crippen LogP contribution in [0, 0.1) is 0 Å². The van der Waals surface area contributed by atoms with E-state index in [1.807, 2.05) is 0 Å². The molecule has 0 fully saturated rings. The third-order valence-electron chi connectivity index (χ3n) is 2.47. The topological polar surface area (TPSA) is 54.5 Å². The summed E-state index contributed by atoms with van der Waals surface area (Å²) in [5.74, 6) is -0.693. The van der Waals surface area contributed by atoms with Crippen LogP contribution < -0.4 is 0 Å². The number of nitrogens with zero attached hydrogens (tertiary/aromatic N) is 1. The Morgan fingerprint density at radius 1 is 1.27 bits per heavy atom. The Hall–Kier alpha value is -1.97. The van der Waals surface area contributed by atoms with Gasteiger partial charge in [-0.2, -0.15) is 0 Å². The number of aldehydes is 1. The summed E-state index contributed by atoms with van der Waals surface area (Å²) in [4.78, 5) is 35.3. The predicted octanol–water partition coefficient (Wildman–Crippen LogP) is 1.11. The molecule has 0 N–H and O–H groups in total. The first-order valence-electron chi connectivity index (χ1n) is 4.65. The maximum absolute atomic E-state index is 11.8. The summed E-state index contributed by atoms with van der Waals surface area (Å²) in [7, 11) is 0. The van der Waals surface area contributed by atoms with E-state index in [0.717, 1.165) is 4.90 Å². The highest BCUT2D eigenvalue weighted by molar-refractivity contribution is 6.23. The van der Waals surface area contributed by atoms with Gasteiger partial charge in [-0.05, 0) is 13.0 Å². The lowest BCUT2D eigenvalue weighted by molar-refractivity contribution is 0.0661. The fraction of sp³-hybridized carbons (Fsp3) is 0.182. The second kappa shape index (κ2) is 3.31. The Morgan fingerprint density at radius 3 is 2.60 bits per heavy atom. The minimum atomic E-state index is -0.375. The van der Waals surface area contributed by atoms with Crippen molar-refractivity contribution in [3.8, 4) is 0 Å². The van der Waals surface area contributed by atoms with Crippen LogP contribution in [-0.4, -0.2) is 29.5 Å². The van der Waals surface area contributed by atoms with Gasteiger partial charge in [-0.3, -0.25) is 19.3 Å². The molecule has 0 atom stereocenters. The number of amides is 2. The molecule has 15 heavy (non-hydrogen) atoms. The summed E-state index contributed by atoms with van der Waals surface area (Å²) in [6.45, 7) is 2.05. The van der Waals surface area contributed by atoms with Crippen LogP contribution in [0.25, 0.3) is 0 Å². The summed E-state index contributed by atoms with van der Waals surface area (Å²) < 4.78 is 0. The van der Waals surface area contributed by atoms with E-state index in [2.05, 4.69) is 0 Å². The lowest BCUT2D eigenvalue weighted by atomic mass is 10.0. The fourth-order valence-corrected chi connectivity index (χ4v) is 1.75. The van der Waals surface area contributed by atoms with Crippen molar-refractivity contribution in [1.82, 2.24) is 4.90 Å². The average molecular weight is 203 g/mol. The molecular formula is C11H9NO3. The van der Waals surface area contributed by atoms with E-state index in [-0.39, 0.29) is 22.9 Å². The molecule has 0 bridgehead atoms. The Balaban J connectivity index is 2.67. The summed E-state index contributed by atoms with van der Waals surface area (Å²) in [6, 6.07) is 4.71. The number of fused-ring (bicyclic) bond motifs is 1. The standard InChI is InChI=1S/C11H9NO3/c1-2-12-10(14)8-5-3-4-7(6-13)9(8)11(12)15/h3-6H,2H2,1H3. The number of imide groups is 1.